The monoisotopic (exact) mass is 488 g/mol. The van der Waals surface area contributed by atoms with Crippen molar-refractivity contribution >= 4 is 41.3 Å². The van der Waals surface area contributed by atoms with Gasteiger partial charge >= 0.3 is 0 Å². The summed E-state index contributed by atoms with van der Waals surface area (Å²) in [5.41, 5.74) is 2.31. The lowest BCUT2D eigenvalue weighted by Gasteiger charge is -2.27. The van der Waals surface area contributed by atoms with Crippen molar-refractivity contribution in [3.63, 3.8) is 0 Å². The zero-order valence-corrected chi connectivity index (χ0v) is 19.5. The van der Waals surface area contributed by atoms with Crippen LogP contribution in [0.25, 0.3) is 0 Å². The lowest BCUT2D eigenvalue weighted by molar-refractivity contribution is 0.414. The predicted molar refractivity (Wildman–Crippen MR) is 121 cm³/mol. The van der Waals surface area contributed by atoms with E-state index in [0.717, 1.165) is 35.5 Å². The normalized spacial score (nSPS) is 11.7. The second kappa shape index (κ2) is 10.1. The maximum Gasteiger partial charge on any atom is 0.191 e. The minimum absolute atomic E-state index is 0. The molecule has 1 aromatic heterocycles. The maximum absolute atomic E-state index is 5.23. The van der Waals surface area contributed by atoms with Crippen LogP contribution in [0.5, 0.6) is 5.75 Å². The molecule has 0 saturated heterocycles. The number of aliphatic imine (C=N–C) groups is 1. The third-order valence-electron chi connectivity index (χ3n) is 4.21. The van der Waals surface area contributed by atoms with Crippen LogP contribution in [-0.2, 0) is 12.0 Å². The summed E-state index contributed by atoms with van der Waals surface area (Å²) >= 11 is 1.72. The lowest BCUT2D eigenvalue weighted by Crippen LogP contribution is -2.43. The molecule has 0 atom stereocenters. The van der Waals surface area contributed by atoms with E-state index in [1.807, 2.05) is 26.0 Å². The van der Waals surface area contributed by atoms with Crippen molar-refractivity contribution < 1.29 is 4.74 Å². The predicted octanol–water partition coefficient (Wildman–Crippen LogP) is 4.03. The number of rotatable bonds is 6. The van der Waals surface area contributed by atoms with Crippen LogP contribution in [0.3, 0.4) is 0 Å². The van der Waals surface area contributed by atoms with E-state index in [0.29, 0.717) is 0 Å². The summed E-state index contributed by atoms with van der Waals surface area (Å²) in [7, 11) is 3.48. The minimum atomic E-state index is -0.0269. The van der Waals surface area contributed by atoms with Gasteiger partial charge < -0.3 is 15.4 Å². The molecule has 0 radical (unpaired) electrons. The van der Waals surface area contributed by atoms with Crippen LogP contribution in [0.2, 0.25) is 0 Å². The molecule has 0 fully saturated rings. The number of hydrogen-bond acceptors (Lipinski definition) is 4. The number of ether oxygens (including phenoxy) is 1. The fraction of sp³-hybridized carbons (Fsp3) is 0.474. The zero-order valence-electron chi connectivity index (χ0n) is 16.3. The minimum Gasteiger partial charge on any atom is -0.497 e. The average molecular weight is 488 g/mol. The highest BCUT2D eigenvalue weighted by Gasteiger charge is 2.21. The van der Waals surface area contributed by atoms with Crippen LogP contribution in [0, 0.1) is 13.8 Å². The second-order valence-electron chi connectivity index (χ2n) is 6.63. The molecule has 0 amide bonds. The van der Waals surface area contributed by atoms with Crippen LogP contribution in [0.4, 0.5) is 0 Å². The van der Waals surface area contributed by atoms with Gasteiger partial charge in [0.05, 0.1) is 24.4 Å². The molecular formula is C19H29IN4OS. The Labute approximate surface area is 177 Å². The van der Waals surface area contributed by atoms with Gasteiger partial charge in [0.15, 0.2) is 5.96 Å². The van der Waals surface area contributed by atoms with Gasteiger partial charge in [0.2, 0.25) is 0 Å². The van der Waals surface area contributed by atoms with E-state index in [2.05, 4.69) is 46.6 Å². The summed E-state index contributed by atoms with van der Waals surface area (Å²) in [6.07, 6.45) is 0. The van der Waals surface area contributed by atoms with Gasteiger partial charge in [-0.05, 0) is 31.5 Å². The SMILES string of the molecule is CN=C(NCc1sc(C)nc1C)NCC(C)(C)c1ccc(OC)cc1.I. The van der Waals surface area contributed by atoms with Gasteiger partial charge in [-0.2, -0.15) is 0 Å². The van der Waals surface area contributed by atoms with Crippen molar-refractivity contribution in [2.75, 3.05) is 20.7 Å². The van der Waals surface area contributed by atoms with Crippen molar-refractivity contribution in [2.45, 2.75) is 39.7 Å². The molecule has 5 nitrogen and oxygen atoms in total. The molecule has 0 aliphatic rings. The Morgan fingerprint density at radius 1 is 1.19 bits per heavy atom. The van der Waals surface area contributed by atoms with Crippen LogP contribution in [0.1, 0.15) is 35.0 Å². The highest BCUT2D eigenvalue weighted by molar-refractivity contribution is 14.0. The van der Waals surface area contributed by atoms with Crippen molar-refractivity contribution in [1.82, 2.24) is 15.6 Å². The number of methoxy groups -OCH3 is 1. The first-order valence-electron chi connectivity index (χ1n) is 8.37. The summed E-state index contributed by atoms with van der Waals surface area (Å²) < 4.78 is 5.23. The topological polar surface area (TPSA) is 58.5 Å². The number of nitrogens with zero attached hydrogens (tertiary/aromatic N) is 2. The molecule has 0 aliphatic carbocycles. The van der Waals surface area contributed by atoms with Crippen LogP contribution >= 0.6 is 35.3 Å². The summed E-state index contributed by atoms with van der Waals surface area (Å²) in [6, 6.07) is 8.22. The van der Waals surface area contributed by atoms with Crippen LogP contribution in [0.15, 0.2) is 29.3 Å². The Balaban J connectivity index is 0.00000338. The zero-order chi connectivity index (χ0) is 18.4. The molecule has 7 heteroatoms. The molecule has 1 aromatic carbocycles. The number of thiazole rings is 1. The Bertz CT molecular complexity index is 726. The van der Waals surface area contributed by atoms with E-state index in [1.165, 1.54) is 10.4 Å². The Kier molecular flexibility index (Phi) is 8.82. The number of guanidine groups is 1. The van der Waals surface area contributed by atoms with Gasteiger partial charge in [-0.15, -0.1) is 35.3 Å². The number of aryl methyl sites for hydroxylation is 2. The second-order valence-corrected chi connectivity index (χ2v) is 7.92. The summed E-state index contributed by atoms with van der Waals surface area (Å²) in [4.78, 5) is 10.0. The van der Waals surface area contributed by atoms with Gasteiger partial charge in [-0.1, -0.05) is 26.0 Å². The van der Waals surface area contributed by atoms with Gasteiger partial charge in [0.25, 0.3) is 0 Å². The molecule has 0 bridgehead atoms. The fourth-order valence-electron chi connectivity index (χ4n) is 2.57. The smallest absolute Gasteiger partial charge is 0.191 e. The summed E-state index contributed by atoms with van der Waals surface area (Å²) in [6.45, 7) is 10.0. The van der Waals surface area contributed by atoms with E-state index in [1.54, 1.807) is 25.5 Å². The fourth-order valence-corrected chi connectivity index (χ4v) is 3.45. The first-order valence-corrected chi connectivity index (χ1v) is 9.19. The lowest BCUT2D eigenvalue weighted by atomic mass is 9.84. The number of hydrogen-bond donors (Lipinski definition) is 2. The molecule has 0 unspecified atom stereocenters. The van der Waals surface area contributed by atoms with Crippen LogP contribution in [-0.4, -0.2) is 31.6 Å². The van der Waals surface area contributed by atoms with Gasteiger partial charge in [-0.3, -0.25) is 4.99 Å². The molecule has 2 N–H and O–H groups in total. The molecular weight excluding hydrogens is 459 g/mol. The first kappa shape index (κ1) is 22.7. The van der Waals surface area contributed by atoms with E-state index in [9.17, 15) is 0 Å². The highest BCUT2D eigenvalue weighted by Crippen LogP contribution is 2.24. The third-order valence-corrected chi connectivity index (χ3v) is 5.28. The van der Waals surface area contributed by atoms with Crippen molar-refractivity contribution in [3.8, 4) is 5.75 Å². The molecule has 0 aliphatic heterocycles. The molecule has 0 saturated carbocycles. The summed E-state index contributed by atoms with van der Waals surface area (Å²) in [5.74, 6) is 1.67. The molecule has 144 valence electrons. The van der Waals surface area contributed by atoms with E-state index >= 15 is 0 Å². The third kappa shape index (κ3) is 6.12. The molecule has 2 aromatic rings. The van der Waals surface area contributed by atoms with E-state index in [-0.39, 0.29) is 29.4 Å². The maximum atomic E-state index is 5.23. The first-order chi connectivity index (χ1) is 11.9. The number of aromatic nitrogens is 1. The quantitative estimate of drug-likeness (QED) is 0.366. The Hall–Kier alpha value is -1.35. The van der Waals surface area contributed by atoms with Crippen molar-refractivity contribution in [2.24, 2.45) is 4.99 Å². The van der Waals surface area contributed by atoms with Gasteiger partial charge in [0.1, 0.15) is 5.75 Å². The average Bonchev–Trinajstić information content (AvgIpc) is 2.92. The van der Waals surface area contributed by atoms with Crippen LogP contribution < -0.4 is 15.4 Å². The molecule has 2 rings (SSSR count). The summed E-state index contributed by atoms with van der Waals surface area (Å²) in [5, 5.41) is 7.89. The molecule has 26 heavy (non-hydrogen) atoms. The Morgan fingerprint density at radius 2 is 1.85 bits per heavy atom. The number of benzene rings is 1. The van der Waals surface area contributed by atoms with E-state index in [4.69, 9.17) is 4.74 Å². The number of halogens is 1. The van der Waals surface area contributed by atoms with Gasteiger partial charge in [-0.25, -0.2) is 4.98 Å². The number of nitrogens with one attached hydrogen (secondary N) is 2. The highest BCUT2D eigenvalue weighted by atomic mass is 127. The van der Waals surface area contributed by atoms with Gasteiger partial charge in [0, 0.05) is 23.9 Å². The molecule has 0 spiro atoms. The standard InChI is InChI=1S/C19H28N4OS.HI/c1-13-17(25-14(2)23-13)11-21-18(20-5)22-12-19(3,4)15-7-9-16(24-6)10-8-15;/h7-10H,11-12H2,1-6H3,(H2,20,21,22);1H. The van der Waals surface area contributed by atoms with E-state index < -0.39 is 0 Å². The molecule has 1 heterocycles. The van der Waals surface area contributed by atoms with Crippen molar-refractivity contribution in [3.05, 3.63) is 45.4 Å². The Morgan fingerprint density at radius 3 is 2.35 bits per heavy atom. The van der Waals surface area contributed by atoms with Crippen molar-refractivity contribution in [1.29, 1.82) is 0 Å². The largest absolute Gasteiger partial charge is 0.497 e.